The smallest absolute Gasteiger partial charge is 0.158 e. The zero-order chi connectivity index (χ0) is 14.5. The van der Waals surface area contributed by atoms with E-state index in [0.29, 0.717) is 5.92 Å². The molecule has 0 spiro atoms. The Labute approximate surface area is 117 Å². The summed E-state index contributed by atoms with van der Waals surface area (Å²) >= 11 is 0. The highest BCUT2D eigenvalue weighted by Crippen LogP contribution is 2.26. The summed E-state index contributed by atoms with van der Waals surface area (Å²) in [7, 11) is 0. The Kier molecular flexibility index (Phi) is 5.17. The molecule has 0 aromatic heterocycles. The zero-order valence-electron chi connectivity index (χ0n) is 12.8. The summed E-state index contributed by atoms with van der Waals surface area (Å²) < 4.78 is 0. The Morgan fingerprint density at radius 3 is 2.05 bits per heavy atom. The fraction of sp³-hybridized carbons (Fsp3) is 0.529. The Balaban J connectivity index is 2.69. The van der Waals surface area contributed by atoms with Crippen LogP contribution in [0.5, 0.6) is 0 Å². The summed E-state index contributed by atoms with van der Waals surface area (Å²) in [6.45, 7) is 11.9. The third-order valence-electron chi connectivity index (χ3n) is 2.59. The minimum atomic E-state index is -0.615. The average Bonchev–Trinajstić information content (AvgIpc) is 2.36. The van der Waals surface area contributed by atoms with Gasteiger partial charge >= 0.3 is 0 Å². The lowest BCUT2D eigenvalue weighted by atomic mass is 9.99. The van der Waals surface area contributed by atoms with Gasteiger partial charge in [-0.3, -0.25) is 0 Å². The molecule has 0 N–H and O–H groups in total. The van der Waals surface area contributed by atoms with E-state index in [2.05, 4.69) is 25.7 Å². The number of benzene rings is 1. The molecule has 104 valence electrons. The predicted octanol–water partition coefficient (Wildman–Crippen LogP) is 4.31. The van der Waals surface area contributed by atoms with E-state index in [1.54, 1.807) is 0 Å². The van der Waals surface area contributed by atoms with Gasteiger partial charge in [-0.2, -0.15) is 0 Å². The van der Waals surface area contributed by atoms with Crippen LogP contribution in [0.1, 0.15) is 47.1 Å². The van der Waals surface area contributed by atoms with Gasteiger partial charge in [0.1, 0.15) is 5.60 Å². The first kappa shape index (κ1) is 15.8. The molecule has 0 aliphatic rings. The van der Waals surface area contributed by atoms with Crippen molar-refractivity contribution >= 4 is 0 Å². The standard InChI is InChI=1S/C17H24O2/c1-14(2)12-13-16(3,4)18-19-17(5,6)15-10-8-7-9-11-15/h7-11,14H,1-6H3. The summed E-state index contributed by atoms with van der Waals surface area (Å²) in [5, 5.41) is 0. The Morgan fingerprint density at radius 1 is 0.947 bits per heavy atom. The Morgan fingerprint density at radius 2 is 1.53 bits per heavy atom. The van der Waals surface area contributed by atoms with Crippen LogP contribution in [0.2, 0.25) is 0 Å². The summed E-state index contributed by atoms with van der Waals surface area (Å²) in [6.07, 6.45) is 0. The Hall–Kier alpha value is -1.30. The van der Waals surface area contributed by atoms with Crippen LogP contribution in [-0.2, 0) is 15.4 Å². The molecular weight excluding hydrogens is 236 g/mol. The number of rotatable bonds is 4. The molecule has 19 heavy (non-hydrogen) atoms. The van der Waals surface area contributed by atoms with Gasteiger partial charge in [-0.15, -0.1) is 0 Å². The maximum Gasteiger partial charge on any atom is 0.158 e. The van der Waals surface area contributed by atoms with E-state index in [4.69, 9.17) is 9.78 Å². The first-order valence-electron chi connectivity index (χ1n) is 6.68. The molecule has 0 amide bonds. The van der Waals surface area contributed by atoms with Crippen LogP contribution in [0.15, 0.2) is 30.3 Å². The lowest BCUT2D eigenvalue weighted by Gasteiger charge is -2.28. The maximum absolute atomic E-state index is 5.61. The fourth-order valence-electron chi connectivity index (χ4n) is 1.43. The van der Waals surface area contributed by atoms with E-state index in [-0.39, 0.29) is 0 Å². The molecule has 1 rings (SSSR count). The van der Waals surface area contributed by atoms with Crippen LogP contribution in [0.3, 0.4) is 0 Å². The molecule has 0 aliphatic heterocycles. The summed E-state index contributed by atoms with van der Waals surface area (Å²) in [5.74, 6) is 6.52. The molecule has 0 heterocycles. The first-order valence-corrected chi connectivity index (χ1v) is 6.68. The van der Waals surface area contributed by atoms with Crippen molar-refractivity contribution in [3.05, 3.63) is 35.9 Å². The minimum absolute atomic E-state index is 0.324. The van der Waals surface area contributed by atoms with Crippen LogP contribution in [0.4, 0.5) is 0 Å². The highest BCUT2D eigenvalue weighted by atomic mass is 17.2. The topological polar surface area (TPSA) is 18.5 Å². The number of hydrogen-bond donors (Lipinski definition) is 0. The van der Waals surface area contributed by atoms with Gasteiger partial charge in [0, 0.05) is 5.92 Å². The van der Waals surface area contributed by atoms with Crippen molar-refractivity contribution in [1.82, 2.24) is 0 Å². The van der Waals surface area contributed by atoms with Crippen molar-refractivity contribution in [2.45, 2.75) is 52.7 Å². The molecular formula is C17H24O2. The highest BCUT2D eigenvalue weighted by molar-refractivity contribution is 5.20. The van der Waals surface area contributed by atoms with Crippen LogP contribution < -0.4 is 0 Å². The van der Waals surface area contributed by atoms with E-state index in [1.807, 2.05) is 58.0 Å². The van der Waals surface area contributed by atoms with E-state index in [1.165, 1.54) is 0 Å². The van der Waals surface area contributed by atoms with Crippen LogP contribution in [-0.4, -0.2) is 5.60 Å². The second kappa shape index (κ2) is 6.23. The van der Waals surface area contributed by atoms with Crippen molar-refractivity contribution in [2.24, 2.45) is 5.92 Å². The highest BCUT2D eigenvalue weighted by Gasteiger charge is 2.27. The summed E-state index contributed by atoms with van der Waals surface area (Å²) in [4.78, 5) is 11.1. The predicted molar refractivity (Wildman–Crippen MR) is 78.3 cm³/mol. The molecule has 0 atom stereocenters. The molecule has 1 aromatic rings. The van der Waals surface area contributed by atoms with Crippen LogP contribution in [0, 0.1) is 17.8 Å². The normalized spacial score (nSPS) is 12.2. The van der Waals surface area contributed by atoms with E-state index >= 15 is 0 Å². The van der Waals surface area contributed by atoms with Crippen LogP contribution >= 0.6 is 0 Å². The van der Waals surface area contributed by atoms with Crippen molar-refractivity contribution < 1.29 is 9.78 Å². The van der Waals surface area contributed by atoms with E-state index < -0.39 is 11.2 Å². The van der Waals surface area contributed by atoms with Crippen LogP contribution in [0.25, 0.3) is 0 Å². The zero-order valence-corrected chi connectivity index (χ0v) is 12.8. The molecule has 2 heteroatoms. The molecule has 0 unspecified atom stereocenters. The molecule has 0 fully saturated rings. The molecule has 0 bridgehead atoms. The van der Waals surface area contributed by atoms with E-state index in [0.717, 1.165) is 5.56 Å². The third-order valence-corrected chi connectivity index (χ3v) is 2.59. The number of hydrogen-bond acceptors (Lipinski definition) is 2. The van der Waals surface area contributed by atoms with Gasteiger partial charge < -0.3 is 0 Å². The Bertz CT molecular complexity index is 447. The summed E-state index contributed by atoms with van der Waals surface area (Å²) in [5.41, 5.74) is -0.0448. The molecule has 1 aromatic carbocycles. The van der Waals surface area contributed by atoms with Gasteiger partial charge in [-0.25, -0.2) is 9.78 Å². The van der Waals surface area contributed by atoms with Gasteiger partial charge in [-0.05, 0) is 33.3 Å². The summed E-state index contributed by atoms with van der Waals surface area (Å²) in [6, 6.07) is 10.0. The SMILES string of the molecule is CC(C)C#CC(C)(C)OOC(C)(C)c1ccccc1. The van der Waals surface area contributed by atoms with Gasteiger partial charge in [0.25, 0.3) is 0 Å². The minimum Gasteiger partial charge on any atom is -0.224 e. The molecule has 0 radical (unpaired) electrons. The van der Waals surface area contributed by atoms with Gasteiger partial charge in [0.15, 0.2) is 5.60 Å². The maximum atomic E-state index is 5.61. The lowest BCUT2D eigenvalue weighted by molar-refractivity contribution is -0.393. The first-order chi connectivity index (χ1) is 8.73. The average molecular weight is 260 g/mol. The fourth-order valence-corrected chi connectivity index (χ4v) is 1.43. The molecule has 2 nitrogen and oxygen atoms in total. The monoisotopic (exact) mass is 260 g/mol. The second-order valence-corrected chi connectivity index (χ2v) is 5.98. The van der Waals surface area contributed by atoms with E-state index in [9.17, 15) is 0 Å². The van der Waals surface area contributed by atoms with Gasteiger partial charge in [-0.1, -0.05) is 56.0 Å². The molecule has 0 saturated carbocycles. The third kappa shape index (κ3) is 5.46. The quantitative estimate of drug-likeness (QED) is 0.456. The van der Waals surface area contributed by atoms with Crippen molar-refractivity contribution in [2.75, 3.05) is 0 Å². The largest absolute Gasteiger partial charge is 0.224 e. The van der Waals surface area contributed by atoms with Crippen molar-refractivity contribution in [1.29, 1.82) is 0 Å². The lowest BCUT2D eigenvalue weighted by Crippen LogP contribution is -2.30. The van der Waals surface area contributed by atoms with Gasteiger partial charge in [0.05, 0.1) is 0 Å². The van der Waals surface area contributed by atoms with Crippen molar-refractivity contribution in [3.8, 4) is 11.8 Å². The van der Waals surface area contributed by atoms with Crippen molar-refractivity contribution in [3.63, 3.8) is 0 Å². The second-order valence-electron chi connectivity index (χ2n) is 5.98. The van der Waals surface area contributed by atoms with Gasteiger partial charge in [0.2, 0.25) is 0 Å². The molecule has 0 saturated heterocycles. The molecule has 0 aliphatic carbocycles.